The second-order valence-corrected chi connectivity index (χ2v) is 7.58. The van der Waals surface area contributed by atoms with Gasteiger partial charge in [-0.3, -0.25) is 14.8 Å². The Morgan fingerprint density at radius 2 is 1.65 bits per heavy atom. The number of benzene rings is 2. The number of ether oxygens (including phenoxy) is 2. The zero-order valence-corrected chi connectivity index (χ0v) is 18.4. The van der Waals surface area contributed by atoms with E-state index in [1.165, 1.54) is 12.7 Å². The van der Waals surface area contributed by atoms with Crippen molar-refractivity contribution in [3.05, 3.63) is 59.7 Å². The van der Waals surface area contributed by atoms with Crippen molar-refractivity contribution in [3.63, 3.8) is 0 Å². The Morgan fingerprint density at radius 3 is 2.19 bits per heavy atom. The molecule has 2 rings (SSSR count). The molecule has 0 aliphatic rings. The molecular weight excluding hydrogens is 396 g/mol. The molecule has 0 aromatic heterocycles. The summed E-state index contributed by atoms with van der Waals surface area (Å²) in [5, 5.41) is 11.7. The van der Waals surface area contributed by atoms with Crippen molar-refractivity contribution in [1.82, 2.24) is 10.8 Å². The van der Waals surface area contributed by atoms with Gasteiger partial charge in [0.15, 0.2) is 0 Å². The number of aryl methyl sites for hydroxylation is 1. The zero-order valence-electron chi connectivity index (χ0n) is 18.4. The average Bonchev–Trinajstić information content (AvgIpc) is 2.79. The predicted molar refractivity (Wildman–Crippen MR) is 119 cm³/mol. The van der Waals surface area contributed by atoms with Crippen LogP contribution in [0.2, 0.25) is 0 Å². The first-order valence-corrected chi connectivity index (χ1v) is 10.5. The lowest BCUT2D eigenvalue weighted by Gasteiger charge is -2.21. The van der Waals surface area contributed by atoms with Crippen LogP contribution in [-0.4, -0.2) is 43.6 Å². The smallest absolute Gasteiger partial charge is 0.251 e. The Bertz CT molecular complexity index is 821. The Kier molecular flexibility index (Phi) is 10.2. The summed E-state index contributed by atoms with van der Waals surface area (Å²) >= 11 is 0. The number of carbonyl (C=O) groups is 2. The molecule has 2 unspecified atom stereocenters. The standard InChI is InChI=1S/C24H32N2O5/c1-4-5-18-6-8-19(9-7-18)20-10-12-21(13-11-20)24(28)25-22(15-31-16-30-3)14-17(2)23(27)26-29/h6-13,17,22,29H,4-5,14-16H2,1-3H3,(H,25,28)(H,26,27). The monoisotopic (exact) mass is 428 g/mol. The summed E-state index contributed by atoms with van der Waals surface area (Å²) in [6, 6.07) is 15.4. The van der Waals surface area contributed by atoms with Crippen molar-refractivity contribution < 1.29 is 24.3 Å². The highest BCUT2D eigenvalue weighted by Crippen LogP contribution is 2.21. The van der Waals surface area contributed by atoms with Crippen LogP contribution in [0.1, 0.15) is 42.6 Å². The van der Waals surface area contributed by atoms with E-state index < -0.39 is 17.9 Å². The van der Waals surface area contributed by atoms with E-state index in [9.17, 15) is 9.59 Å². The quantitative estimate of drug-likeness (QED) is 0.208. The van der Waals surface area contributed by atoms with E-state index in [0.717, 1.165) is 24.0 Å². The molecule has 2 aromatic carbocycles. The molecule has 0 heterocycles. The van der Waals surface area contributed by atoms with Gasteiger partial charge in [0, 0.05) is 18.6 Å². The molecule has 0 radical (unpaired) electrons. The first-order valence-electron chi connectivity index (χ1n) is 10.5. The fraction of sp³-hybridized carbons (Fsp3) is 0.417. The summed E-state index contributed by atoms with van der Waals surface area (Å²) in [4.78, 5) is 24.3. The lowest BCUT2D eigenvalue weighted by atomic mass is 10.00. The highest BCUT2D eigenvalue weighted by Gasteiger charge is 2.21. The molecule has 7 heteroatoms. The Hall–Kier alpha value is -2.74. The second-order valence-electron chi connectivity index (χ2n) is 7.58. The van der Waals surface area contributed by atoms with Crippen LogP contribution in [0.15, 0.2) is 48.5 Å². The first kappa shape index (κ1) is 24.5. The molecule has 168 valence electrons. The molecule has 31 heavy (non-hydrogen) atoms. The highest BCUT2D eigenvalue weighted by molar-refractivity contribution is 5.95. The maximum Gasteiger partial charge on any atom is 0.251 e. The maximum absolute atomic E-state index is 12.7. The summed E-state index contributed by atoms with van der Waals surface area (Å²) in [6.45, 7) is 4.10. The van der Waals surface area contributed by atoms with Gasteiger partial charge in [-0.2, -0.15) is 0 Å². The highest BCUT2D eigenvalue weighted by atomic mass is 16.7. The van der Waals surface area contributed by atoms with E-state index in [1.54, 1.807) is 24.5 Å². The number of carbonyl (C=O) groups excluding carboxylic acids is 2. The van der Waals surface area contributed by atoms with E-state index in [4.69, 9.17) is 14.7 Å². The first-order chi connectivity index (χ1) is 15.0. The van der Waals surface area contributed by atoms with E-state index >= 15 is 0 Å². The van der Waals surface area contributed by atoms with Gasteiger partial charge in [0.1, 0.15) is 6.79 Å². The molecule has 2 aromatic rings. The van der Waals surface area contributed by atoms with E-state index in [-0.39, 0.29) is 19.3 Å². The van der Waals surface area contributed by atoms with Crippen molar-refractivity contribution in [2.24, 2.45) is 5.92 Å². The minimum Gasteiger partial charge on any atom is -0.359 e. The molecule has 0 aliphatic carbocycles. The fourth-order valence-corrected chi connectivity index (χ4v) is 3.32. The van der Waals surface area contributed by atoms with Crippen LogP contribution in [0.25, 0.3) is 11.1 Å². The van der Waals surface area contributed by atoms with Gasteiger partial charge in [-0.25, -0.2) is 5.48 Å². The van der Waals surface area contributed by atoms with Gasteiger partial charge in [0.2, 0.25) is 5.91 Å². The Balaban J connectivity index is 2.04. The minimum absolute atomic E-state index is 0.0820. The van der Waals surface area contributed by atoms with Crippen molar-refractivity contribution in [3.8, 4) is 11.1 Å². The molecule has 2 atom stereocenters. The number of nitrogens with one attached hydrogen (secondary N) is 2. The number of rotatable bonds is 12. The largest absolute Gasteiger partial charge is 0.359 e. The number of hydroxylamine groups is 1. The van der Waals surface area contributed by atoms with Crippen LogP contribution >= 0.6 is 0 Å². The number of hydrogen-bond acceptors (Lipinski definition) is 5. The molecule has 0 fully saturated rings. The molecule has 0 saturated heterocycles. The van der Waals surface area contributed by atoms with E-state index in [0.29, 0.717) is 12.0 Å². The summed E-state index contributed by atoms with van der Waals surface area (Å²) in [6.07, 6.45) is 2.49. The van der Waals surface area contributed by atoms with Crippen LogP contribution in [0.4, 0.5) is 0 Å². The van der Waals surface area contributed by atoms with Crippen LogP contribution in [0.5, 0.6) is 0 Å². The van der Waals surface area contributed by atoms with Gasteiger partial charge >= 0.3 is 0 Å². The summed E-state index contributed by atoms with van der Waals surface area (Å²) < 4.78 is 10.2. The average molecular weight is 429 g/mol. The number of amides is 2. The van der Waals surface area contributed by atoms with E-state index in [2.05, 4.69) is 36.5 Å². The third-order valence-electron chi connectivity index (χ3n) is 5.02. The van der Waals surface area contributed by atoms with Crippen molar-refractivity contribution >= 4 is 11.8 Å². The Morgan fingerprint density at radius 1 is 1.03 bits per heavy atom. The molecule has 3 N–H and O–H groups in total. The molecular formula is C24H32N2O5. The van der Waals surface area contributed by atoms with Gasteiger partial charge in [-0.1, -0.05) is 56.7 Å². The molecule has 0 spiro atoms. The minimum atomic E-state index is -0.514. The number of hydrogen-bond donors (Lipinski definition) is 3. The number of methoxy groups -OCH3 is 1. The summed E-state index contributed by atoms with van der Waals surface area (Å²) in [5.74, 6) is -1.27. The fourth-order valence-electron chi connectivity index (χ4n) is 3.32. The SMILES string of the molecule is CCCc1ccc(-c2ccc(C(=O)NC(COCOC)CC(C)C(=O)NO)cc2)cc1. The van der Waals surface area contributed by atoms with E-state index in [1.807, 2.05) is 12.1 Å². The Labute approximate surface area is 183 Å². The molecule has 2 amide bonds. The van der Waals surface area contributed by atoms with Crippen molar-refractivity contribution in [2.75, 3.05) is 20.5 Å². The third-order valence-corrected chi connectivity index (χ3v) is 5.02. The molecule has 0 bridgehead atoms. The topological polar surface area (TPSA) is 96.9 Å². The van der Waals surface area contributed by atoms with Gasteiger partial charge in [-0.05, 0) is 41.7 Å². The van der Waals surface area contributed by atoms with Gasteiger partial charge in [0.25, 0.3) is 5.91 Å². The van der Waals surface area contributed by atoms with Gasteiger partial charge < -0.3 is 14.8 Å². The lowest BCUT2D eigenvalue weighted by molar-refractivity contribution is -0.133. The zero-order chi connectivity index (χ0) is 22.6. The summed E-state index contributed by atoms with van der Waals surface area (Å²) in [7, 11) is 1.51. The molecule has 7 nitrogen and oxygen atoms in total. The normalized spacial score (nSPS) is 12.8. The third kappa shape index (κ3) is 7.79. The van der Waals surface area contributed by atoms with Gasteiger partial charge in [-0.15, -0.1) is 0 Å². The van der Waals surface area contributed by atoms with Crippen molar-refractivity contribution in [1.29, 1.82) is 0 Å². The van der Waals surface area contributed by atoms with Crippen LogP contribution < -0.4 is 10.8 Å². The molecule has 0 saturated carbocycles. The second kappa shape index (κ2) is 12.8. The van der Waals surface area contributed by atoms with Crippen LogP contribution in [-0.2, 0) is 20.7 Å². The van der Waals surface area contributed by atoms with Gasteiger partial charge in [0.05, 0.1) is 12.6 Å². The molecule has 0 aliphatic heterocycles. The predicted octanol–water partition coefficient (Wildman–Crippen LogP) is 3.56. The van der Waals surface area contributed by atoms with Crippen molar-refractivity contribution in [2.45, 2.75) is 39.2 Å². The van der Waals surface area contributed by atoms with Crippen LogP contribution in [0, 0.1) is 5.92 Å². The summed E-state index contributed by atoms with van der Waals surface area (Å²) in [5.41, 5.74) is 5.60. The maximum atomic E-state index is 12.7. The lowest BCUT2D eigenvalue weighted by Crippen LogP contribution is -2.41. The van der Waals surface area contributed by atoms with Crippen LogP contribution in [0.3, 0.4) is 0 Å².